The van der Waals surface area contributed by atoms with Crippen molar-refractivity contribution in [2.75, 3.05) is 6.61 Å². The predicted molar refractivity (Wildman–Crippen MR) is 63.7 cm³/mol. The maximum atomic E-state index is 11.1. The third-order valence-corrected chi connectivity index (χ3v) is 2.09. The van der Waals surface area contributed by atoms with Gasteiger partial charge in [0.15, 0.2) is 0 Å². The van der Waals surface area contributed by atoms with Crippen LogP contribution in [0.5, 0.6) is 0 Å². The zero-order valence-corrected chi connectivity index (χ0v) is 10.1. The van der Waals surface area contributed by atoms with Crippen LogP contribution >= 0.6 is 0 Å². The Balaban J connectivity index is 3.67. The van der Waals surface area contributed by atoms with E-state index in [1.165, 1.54) is 11.1 Å². The molecular formula is C13H22O2. The molecule has 0 saturated heterocycles. The smallest absolute Gasteiger partial charge is 0.306 e. The van der Waals surface area contributed by atoms with Gasteiger partial charge in [-0.3, -0.25) is 4.79 Å². The Hall–Kier alpha value is -1.05. The Kier molecular flexibility index (Phi) is 7.69. The molecule has 15 heavy (non-hydrogen) atoms. The number of esters is 1. The summed E-state index contributed by atoms with van der Waals surface area (Å²) >= 11 is 0. The van der Waals surface area contributed by atoms with Crippen LogP contribution in [0.4, 0.5) is 0 Å². The van der Waals surface area contributed by atoms with Crippen LogP contribution in [0.15, 0.2) is 23.8 Å². The molecule has 0 aromatic heterocycles. The predicted octanol–water partition coefficient (Wildman–Crippen LogP) is 3.63. The van der Waals surface area contributed by atoms with Gasteiger partial charge in [0.1, 0.15) is 0 Å². The van der Waals surface area contributed by atoms with Crippen LogP contribution in [-0.4, -0.2) is 12.6 Å². The summed E-state index contributed by atoms with van der Waals surface area (Å²) < 4.78 is 4.85. The van der Waals surface area contributed by atoms with Crippen LogP contribution < -0.4 is 0 Å². The molecule has 0 spiro atoms. The van der Waals surface area contributed by atoms with Gasteiger partial charge in [0.05, 0.1) is 6.61 Å². The molecule has 2 nitrogen and oxygen atoms in total. The summed E-state index contributed by atoms with van der Waals surface area (Å²) in [7, 11) is 0. The minimum absolute atomic E-state index is 0.106. The first-order chi connectivity index (χ1) is 7.06. The van der Waals surface area contributed by atoms with Crippen molar-refractivity contribution >= 4 is 5.97 Å². The fourth-order valence-electron chi connectivity index (χ4n) is 1.20. The Morgan fingerprint density at radius 3 is 2.47 bits per heavy atom. The summed E-state index contributed by atoms with van der Waals surface area (Å²) in [4.78, 5) is 11.1. The van der Waals surface area contributed by atoms with E-state index in [-0.39, 0.29) is 5.97 Å². The van der Waals surface area contributed by atoms with Gasteiger partial charge in [-0.25, -0.2) is 0 Å². The first-order valence-corrected chi connectivity index (χ1v) is 5.52. The van der Waals surface area contributed by atoms with Crippen molar-refractivity contribution in [3.8, 4) is 0 Å². The highest BCUT2D eigenvalue weighted by Crippen LogP contribution is 2.09. The van der Waals surface area contributed by atoms with E-state index in [1.807, 2.05) is 13.8 Å². The van der Waals surface area contributed by atoms with Gasteiger partial charge in [0.25, 0.3) is 0 Å². The minimum atomic E-state index is -0.106. The van der Waals surface area contributed by atoms with Crippen molar-refractivity contribution in [1.29, 1.82) is 0 Å². The largest absolute Gasteiger partial charge is 0.466 e. The van der Waals surface area contributed by atoms with Gasteiger partial charge < -0.3 is 4.74 Å². The van der Waals surface area contributed by atoms with E-state index >= 15 is 0 Å². The van der Waals surface area contributed by atoms with Crippen molar-refractivity contribution < 1.29 is 9.53 Å². The lowest BCUT2D eigenvalue weighted by molar-refractivity contribution is -0.143. The summed E-state index contributed by atoms with van der Waals surface area (Å²) in [5.74, 6) is -0.106. The fraction of sp³-hybridized carbons (Fsp3) is 0.615. The molecule has 86 valence electrons. The molecule has 0 unspecified atom stereocenters. The number of hydrogen-bond donors (Lipinski definition) is 0. The van der Waals surface area contributed by atoms with Gasteiger partial charge in [-0.1, -0.05) is 17.2 Å². The lowest BCUT2D eigenvalue weighted by atomic mass is 10.1. The van der Waals surface area contributed by atoms with Crippen LogP contribution in [0.1, 0.15) is 46.5 Å². The second kappa shape index (κ2) is 8.27. The molecule has 0 aromatic rings. The van der Waals surface area contributed by atoms with Gasteiger partial charge in [0, 0.05) is 6.42 Å². The second-order valence-corrected chi connectivity index (χ2v) is 3.85. The lowest BCUT2D eigenvalue weighted by Gasteiger charge is -2.02. The third kappa shape index (κ3) is 9.26. The van der Waals surface area contributed by atoms with Gasteiger partial charge in [-0.15, -0.1) is 6.58 Å². The summed E-state index contributed by atoms with van der Waals surface area (Å²) in [5.41, 5.74) is 2.45. The maximum absolute atomic E-state index is 11.1. The Morgan fingerprint density at radius 2 is 1.93 bits per heavy atom. The van der Waals surface area contributed by atoms with Crippen LogP contribution in [0.25, 0.3) is 0 Å². The van der Waals surface area contributed by atoms with E-state index in [2.05, 4.69) is 19.6 Å². The molecular weight excluding hydrogens is 188 g/mol. The summed E-state index contributed by atoms with van der Waals surface area (Å²) in [6, 6.07) is 0. The molecule has 2 heteroatoms. The molecule has 0 radical (unpaired) electrons. The van der Waals surface area contributed by atoms with E-state index in [0.29, 0.717) is 13.0 Å². The molecule has 0 aliphatic rings. The molecule has 0 bridgehead atoms. The summed E-state index contributed by atoms with van der Waals surface area (Å²) in [6.07, 6.45) is 5.51. The highest BCUT2D eigenvalue weighted by Gasteiger charge is 2.01. The molecule has 0 aliphatic heterocycles. The number of hydrogen-bond acceptors (Lipinski definition) is 2. The second-order valence-electron chi connectivity index (χ2n) is 3.85. The Morgan fingerprint density at radius 1 is 1.27 bits per heavy atom. The molecule has 0 aromatic carbocycles. The quantitative estimate of drug-likeness (QED) is 0.474. The zero-order chi connectivity index (χ0) is 11.7. The molecule has 0 fully saturated rings. The van der Waals surface area contributed by atoms with Crippen molar-refractivity contribution in [3.63, 3.8) is 0 Å². The third-order valence-electron chi connectivity index (χ3n) is 2.09. The van der Waals surface area contributed by atoms with E-state index in [1.54, 1.807) is 0 Å². The first kappa shape index (κ1) is 13.9. The van der Waals surface area contributed by atoms with Gasteiger partial charge in [-0.2, -0.15) is 0 Å². The first-order valence-electron chi connectivity index (χ1n) is 5.52. The standard InChI is InChI=1S/C13H22O2/c1-5-15-13(14)10-9-12(4)8-6-7-11(2)3/h8H,2,5-7,9-10H2,1,3-4H3/b12-8-. The van der Waals surface area contributed by atoms with Crippen LogP contribution in [0.3, 0.4) is 0 Å². The highest BCUT2D eigenvalue weighted by atomic mass is 16.5. The van der Waals surface area contributed by atoms with Gasteiger partial charge in [-0.05, 0) is 40.0 Å². The normalized spacial score (nSPS) is 11.3. The van der Waals surface area contributed by atoms with Crippen molar-refractivity contribution in [2.45, 2.75) is 46.5 Å². The Bertz CT molecular complexity index is 239. The Labute approximate surface area is 93.0 Å². The number of ether oxygens (including phenoxy) is 1. The van der Waals surface area contributed by atoms with E-state index in [9.17, 15) is 4.79 Å². The molecule has 0 amide bonds. The number of carbonyl (C=O) groups is 1. The van der Waals surface area contributed by atoms with E-state index < -0.39 is 0 Å². The maximum Gasteiger partial charge on any atom is 0.306 e. The molecule has 0 saturated carbocycles. The van der Waals surface area contributed by atoms with Gasteiger partial charge in [0.2, 0.25) is 0 Å². The highest BCUT2D eigenvalue weighted by molar-refractivity contribution is 5.69. The fourth-order valence-corrected chi connectivity index (χ4v) is 1.20. The summed E-state index contributed by atoms with van der Waals surface area (Å²) in [6.45, 7) is 10.2. The summed E-state index contributed by atoms with van der Waals surface area (Å²) in [5, 5.41) is 0. The van der Waals surface area contributed by atoms with Crippen molar-refractivity contribution in [2.24, 2.45) is 0 Å². The number of rotatable bonds is 7. The van der Waals surface area contributed by atoms with Crippen LogP contribution in [0, 0.1) is 0 Å². The number of allylic oxidation sites excluding steroid dienone is 3. The average molecular weight is 210 g/mol. The van der Waals surface area contributed by atoms with Crippen molar-refractivity contribution in [3.05, 3.63) is 23.8 Å². The zero-order valence-electron chi connectivity index (χ0n) is 10.1. The topological polar surface area (TPSA) is 26.3 Å². The molecule has 0 rings (SSSR count). The average Bonchev–Trinajstić information content (AvgIpc) is 2.14. The van der Waals surface area contributed by atoms with Crippen LogP contribution in [-0.2, 0) is 9.53 Å². The van der Waals surface area contributed by atoms with E-state index in [0.717, 1.165) is 19.3 Å². The minimum Gasteiger partial charge on any atom is -0.466 e. The van der Waals surface area contributed by atoms with Gasteiger partial charge >= 0.3 is 5.97 Å². The van der Waals surface area contributed by atoms with Crippen molar-refractivity contribution in [1.82, 2.24) is 0 Å². The van der Waals surface area contributed by atoms with Crippen LogP contribution in [0.2, 0.25) is 0 Å². The number of carbonyl (C=O) groups excluding carboxylic acids is 1. The molecule has 0 atom stereocenters. The molecule has 0 heterocycles. The SMILES string of the molecule is C=C(C)CC/C=C(/C)CCC(=O)OCC. The molecule has 0 N–H and O–H groups in total. The lowest BCUT2D eigenvalue weighted by Crippen LogP contribution is -2.03. The molecule has 0 aliphatic carbocycles. The monoisotopic (exact) mass is 210 g/mol. The van der Waals surface area contributed by atoms with E-state index in [4.69, 9.17) is 4.74 Å².